The van der Waals surface area contributed by atoms with Crippen molar-refractivity contribution in [3.63, 3.8) is 0 Å². The SMILES string of the molecule is Cn1nnc(C=O)c1C#N. The average molecular weight is 136 g/mol. The molecule has 0 aliphatic rings. The van der Waals surface area contributed by atoms with E-state index in [-0.39, 0.29) is 11.4 Å². The van der Waals surface area contributed by atoms with Gasteiger partial charge in [-0.2, -0.15) is 5.26 Å². The fourth-order valence-corrected chi connectivity index (χ4v) is 0.582. The van der Waals surface area contributed by atoms with Gasteiger partial charge in [-0.05, 0) is 0 Å². The molecule has 1 heterocycles. The van der Waals surface area contributed by atoms with Gasteiger partial charge in [-0.1, -0.05) is 5.21 Å². The second kappa shape index (κ2) is 2.27. The summed E-state index contributed by atoms with van der Waals surface area (Å²) in [7, 11) is 1.55. The van der Waals surface area contributed by atoms with E-state index in [1.54, 1.807) is 13.1 Å². The first-order valence-corrected chi connectivity index (χ1v) is 2.54. The summed E-state index contributed by atoms with van der Waals surface area (Å²) in [6.07, 6.45) is 0.506. The molecule has 0 atom stereocenters. The summed E-state index contributed by atoms with van der Waals surface area (Å²) < 4.78 is 1.25. The van der Waals surface area contributed by atoms with Crippen LogP contribution in [0, 0.1) is 11.3 Å². The molecule has 1 rings (SSSR count). The lowest BCUT2D eigenvalue weighted by molar-refractivity contribution is 0.111. The Morgan fingerprint density at radius 1 is 1.80 bits per heavy atom. The fraction of sp³-hybridized carbons (Fsp3) is 0.200. The molecule has 10 heavy (non-hydrogen) atoms. The molecule has 0 radical (unpaired) electrons. The molecule has 0 fully saturated rings. The highest BCUT2D eigenvalue weighted by Gasteiger charge is 2.06. The lowest BCUT2D eigenvalue weighted by atomic mass is 10.4. The van der Waals surface area contributed by atoms with Gasteiger partial charge in [0.05, 0.1) is 0 Å². The number of aldehydes is 1. The van der Waals surface area contributed by atoms with Gasteiger partial charge in [-0.15, -0.1) is 5.10 Å². The van der Waals surface area contributed by atoms with E-state index >= 15 is 0 Å². The molecule has 0 aliphatic heterocycles. The Morgan fingerprint density at radius 3 is 2.90 bits per heavy atom. The molecular formula is C5H4N4O. The maximum absolute atomic E-state index is 10.1. The van der Waals surface area contributed by atoms with Crippen molar-refractivity contribution in [1.29, 1.82) is 5.26 Å². The molecule has 5 nitrogen and oxygen atoms in total. The van der Waals surface area contributed by atoms with Gasteiger partial charge in [0, 0.05) is 7.05 Å². The van der Waals surface area contributed by atoms with Gasteiger partial charge in [0.2, 0.25) is 0 Å². The van der Waals surface area contributed by atoms with E-state index in [9.17, 15) is 4.79 Å². The summed E-state index contributed by atoms with van der Waals surface area (Å²) in [5.74, 6) is 0. The van der Waals surface area contributed by atoms with Crippen LogP contribution in [-0.4, -0.2) is 21.3 Å². The van der Waals surface area contributed by atoms with Crippen LogP contribution in [0.25, 0.3) is 0 Å². The fourth-order valence-electron chi connectivity index (χ4n) is 0.582. The monoisotopic (exact) mass is 136 g/mol. The number of hydrogen-bond donors (Lipinski definition) is 0. The minimum Gasteiger partial charge on any atom is -0.296 e. The second-order valence-electron chi connectivity index (χ2n) is 1.68. The third-order valence-electron chi connectivity index (χ3n) is 1.07. The summed E-state index contributed by atoms with van der Waals surface area (Å²) in [6.45, 7) is 0. The Labute approximate surface area is 56.9 Å². The molecule has 0 saturated heterocycles. The Hall–Kier alpha value is -1.70. The molecule has 0 bridgehead atoms. The summed E-state index contributed by atoms with van der Waals surface area (Å²) in [6, 6.07) is 1.80. The zero-order chi connectivity index (χ0) is 7.56. The van der Waals surface area contributed by atoms with Crippen LogP contribution in [0.4, 0.5) is 0 Å². The molecule has 0 N–H and O–H groups in total. The summed E-state index contributed by atoms with van der Waals surface area (Å²) in [4.78, 5) is 10.1. The Balaban J connectivity index is 3.29. The van der Waals surface area contributed by atoms with Gasteiger partial charge >= 0.3 is 0 Å². The van der Waals surface area contributed by atoms with Crippen LogP contribution >= 0.6 is 0 Å². The number of hydrogen-bond acceptors (Lipinski definition) is 4. The molecule has 0 aliphatic carbocycles. The molecule has 0 spiro atoms. The van der Waals surface area contributed by atoms with Gasteiger partial charge in [-0.3, -0.25) is 4.79 Å². The summed E-state index contributed by atoms with van der Waals surface area (Å²) in [5.41, 5.74) is 0.278. The van der Waals surface area contributed by atoms with Crippen molar-refractivity contribution >= 4 is 6.29 Å². The molecule has 0 amide bonds. The van der Waals surface area contributed by atoms with Crippen molar-refractivity contribution in [2.45, 2.75) is 0 Å². The van der Waals surface area contributed by atoms with E-state index in [1.807, 2.05) is 0 Å². The molecule has 1 aromatic heterocycles. The van der Waals surface area contributed by atoms with Crippen molar-refractivity contribution in [2.24, 2.45) is 7.05 Å². The van der Waals surface area contributed by atoms with Gasteiger partial charge in [0.1, 0.15) is 6.07 Å². The molecule has 0 aromatic carbocycles. The van der Waals surface area contributed by atoms with E-state index in [0.717, 1.165) is 0 Å². The van der Waals surface area contributed by atoms with Crippen molar-refractivity contribution in [3.8, 4) is 6.07 Å². The zero-order valence-electron chi connectivity index (χ0n) is 5.27. The number of carbonyl (C=O) groups excluding carboxylic acids is 1. The highest BCUT2D eigenvalue weighted by molar-refractivity contribution is 5.74. The van der Waals surface area contributed by atoms with Gasteiger partial charge in [0.15, 0.2) is 17.7 Å². The molecule has 0 unspecified atom stereocenters. The Bertz CT molecular complexity index is 295. The summed E-state index contributed by atoms with van der Waals surface area (Å²) in [5, 5.41) is 15.3. The highest BCUT2D eigenvalue weighted by Crippen LogP contribution is 1.96. The van der Waals surface area contributed by atoms with Gasteiger partial charge in [-0.25, -0.2) is 4.68 Å². The first-order chi connectivity index (χ1) is 4.79. The normalized spacial score (nSPS) is 8.80. The van der Waals surface area contributed by atoms with E-state index < -0.39 is 0 Å². The van der Waals surface area contributed by atoms with Crippen molar-refractivity contribution < 1.29 is 4.79 Å². The van der Waals surface area contributed by atoms with Crippen LogP contribution in [0.1, 0.15) is 16.2 Å². The standard InChI is InChI=1S/C5H4N4O/c1-9-5(2-6)4(3-10)7-8-9/h3H,1H3. The molecular weight excluding hydrogens is 132 g/mol. The van der Waals surface area contributed by atoms with Crippen LogP contribution in [0.3, 0.4) is 0 Å². The van der Waals surface area contributed by atoms with E-state index in [2.05, 4.69) is 10.3 Å². The first kappa shape index (κ1) is 6.42. The third kappa shape index (κ3) is 0.756. The minimum absolute atomic E-state index is 0.0880. The Kier molecular flexibility index (Phi) is 1.46. The number of aromatic nitrogens is 3. The second-order valence-corrected chi connectivity index (χ2v) is 1.68. The highest BCUT2D eigenvalue weighted by atomic mass is 16.1. The van der Waals surface area contributed by atoms with Gasteiger partial charge < -0.3 is 0 Å². The van der Waals surface area contributed by atoms with E-state index in [4.69, 9.17) is 5.26 Å². The van der Waals surface area contributed by atoms with Crippen LogP contribution in [0.2, 0.25) is 0 Å². The summed E-state index contributed by atoms with van der Waals surface area (Å²) >= 11 is 0. The largest absolute Gasteiger partial charge is 0.296 e. The van der Waals surface area contributed by atoms with Crippen molar-refractivity contribution in [2.75, 3.05) is 0 Å². The smallest absolute Gasteiger partial charge is 0.173 e. The lowest BCUT2D eigenvalue weighted by Crippen LogP contribution is -1.94. The average Bonchev–Trinajstić information content (AvgIpc) is 2.30. The van der Waals surface area contributed by atoms with Crippen LogP contribution < -0.4 is 0 Å². The predicted octanol–water partition coefficient (Wildman–Crippen LogP) is -0.501. The number of nitriles is 1. The maximum atomic E-state index is 10.1. The zero-order valence-corrected chi connectivity index (χ0v) is 5.27. The van der Waals surface area contributed by atoms with Crippen LogP contribution in [-0.2, 0) is 7.05 Å². The topological polar surface area (TPSA) is 71.6 Å². The van der Waals surface area contributed by atoms with E-state index in [0.29, 0.717) is 6.29 Å². The minimum atomic E-state index is 0.0880. The maximum Gasteiger partial charge on any atom is 0.173 e. The van der Waals surface area contributed by atoms with Crippen molar-refractivity contribution in [1.82, 2.24) is 15.0 Å². The predicted molar refractivity (Wildman–Crippen MR) is 31.1 cm³/mol. The first-order valence-electron chi connectivity index (χ1n) is 2.54. The molecule has 50 valence electrons. The quantitative estimate of drug-likeness (QED) is 0.488. The van der Waals surface area contributed by atoms with Crippen molar-refractivity contribution in [3.05, 3.63) is 11.4 Å². The number of aryl methyl sites for hydroxylation is 1. The van der Waals surface area contributed by atoms with Gasteiger partial charge in [0.25, 0.3) is 0 Å². The van der Waals surface area contributed by atoms with Crippen LogP contribution in [0.15, 0.2) is 0 Å². The Morgan fingerprint density at radius 2 is 2.50 bits per heavy atom. The van der Waals surface area contributed by atoms with Crippen LogP contribution in [0.5, 0.6) is 0 Å². The molecule has 5 heteroatoms. The molecule has 1 aromatic rings. The third-order valence-corrected chi connectivity index (χ3v) is 1.07. The lowest BCUT2D eigenvalue weighted by Gasteiger charge is -1.84. The number of nitrogens with zero attached hydrogens (tertiary/aromatic N) is 4. The number of rotatable bonds is 1. The molecule has 0 saturated carbocycles. The number of carbonyl (C=O) groups is 1. The van der Waals surface area contributed by atoms with E-state index in [1.165, 1.54) is 4.68 Å².